The minimum atomic E-state index is -0.922. The second-order valence-corrected chi connectivity index (χ2v) is 3.57. The van der Waals surface area contributed by atoms with Gasteiger partial charge in [-0.1, -0.05) is 6.92 Å². The zero-order chi connectivity index (χ0) is 12.1. The number of benzene rings is 1. The zero-order valence-electron chi connectivity index (χ0n) is 9.80. The van der Waals surface area contributed by atoms with E-state index in [-0.39, 0.29) is 0 Å². The molecule has 0 saturated carbocycles. The molecule has 16 heavy (non-hydrogen) atoms. The molecule has 4 nitrogen and oxygen atoms in total. The predicted molar refractivity (Wildman–Crippen MR) is 60.8 cm³/mol. The maximum atomic E-state index is 9.87. The summed E-state index contributed by atoms with van der Waals surface area (Å²) in [5.74, 6) is 1.19. The fourth-order valence-electron chi connectivity index (χ4n) is 1.45. The monoisotopic (exact) mass is 226 g/mol. The molecule has 0 spiro atoms. The predicted octanol–water partition coefficient (Wildman–Crippen LogP) is 1.51. The highest BCUT2D eigenvalue weighted by Crippen LogP contribution is 2.28. The van der Waals surface area contributed by atoms with Crippen LogP contribution in [0, 0.1) is 0 Å². The molecule has 90 valence electrons. The van der Waals surface area contributed by atoms with Gasteiger partial charge in [-0.15, -0.1) is 0 Å². The van der Waals surface area contributed by atoms with E-state index < -0.39 is 12.2 Å². The van der Waals surface area contributed by atoms with Crippen LogP contribution >= 0.6 is 0 Å². The van der Waals surface area contributed by atoms with Crippen LogP contribution in [0.2, 0.25) is 0 Å². The lowest BCUT2D eigenvalue weighted by Crippen LogP contribution is -2.17. The molecule has 2 atom stereocenters. The second-order valence-electron chi connectivity index (χ2n) is 3.57. The van der Waals surface area contributed by atoms with Gasteiger partial charge in [0.15, 0.2) is 0 Å². The average molecular weight is 226 g/mol. The Kier molecular flexibility index (Phi) is 4.58. The summed E-state index contributed by atoms with van der Waals surface area (Å²) in [4.78, 5) is 0. The van der Waals surface area contributed by atoms with Gasteiger partial charge in [0.05, 0.1) is 20.3 Å². The lowest BCUT2D eigenvalue weighted by molar-refractivity contribution is 0.0163. The molecule has 1 aromatic rings. The fourth-order valence-corrected chi connectivity index (χ4v) is 1.45. The maximum Gasteiger partial charge on any atom is 0.122 e. The largest absolute Gasteiger partial charge is 0.497 e. The highest BCUT2D eigenvalue weighted by molar-refractivity contribution is 5.39. The highest BCUT2D eigenvalue weighted by Gasteiger charge is 2.18. The Morgan fingerprint density at radius 1 is 1.06 bits per heavy atom. The summed E-state index contributed by atoms with van der Waals surface area (Å²) in [6.07, 6.45) is -1.22. The van der Waals surface area contributed by atoms with Crippen LogP contribution in [0.4, 0.5) is 0 Å². The third-order valence-corrected chi connectivity index (χ3v) is 2.50. The Morgan fingerprint density at radius 3 is 1.94 bits per heavy atom. The lowest BCUT2D eigenvalue weighted by atomic mass is 10.0. The Labute approximate surface area is 95.4 Å². The number of ether oxygens (including phenoxy) is 2. The van der Waals surface area contributed by atoms with Crippen LogP contribution in [0.25, 0.3) is 0 Å². The standard InChI is InChI=1S/C12H18O4/c1-4-11(13)12(14)8-5-9(15-2)7-10(6-8)16-3/h5-7,11-14H,4H2,1-3H3. The van der Waals surface area contributed by atoms with E-state index in [1.807, 2.05) is 6.92 Å². The number of hydrogen-bond donors (Lipinski definition) is 2. The van der Waals surface area contributed by atoms with Crippen molar-refractivity contribution < 1.29 is 19.7 Å². The van der Waals surface area contributed by atoms with E-state index in [1.54, 1.807) is 32.4 Å². The summed E-state index contributed by atoms with van der Waals surface area (Å²) in [6.45, 7) is 1.81. The quantitative estimate of drug-likeness (QED) is 0.799. The number of rotatable bonds is 5. The Hall–Kier alpha value is -1.26. The molecule has 0 heterocycles. The van der Waals surface area contributed by atoms with Crippen molar-refractivity contribution in [2.24, 2.45) is 0 Å². The maximum absolute atomic E-state index is 9.87. The molecule has 0 fully saturated rings. The summed E-state index contributed by atoms with van der Waals surface area (Å²) in [6, 6.07) is 5.09. The van der Waals surface area contributed by atoms with Gasteiger partial charge in [0, 0.05) is 6.07 Å². The van der Waals surface area contributed by atoms with Gasteiger partial charge in [0.2, 0.25) is 0 Å². The molecule has 1 aromatic carbocycles. The zero-order valence-corrected chi connectivity index (χ0v) is 9.80. The topological polar surface area (TPSA) is 58.9 Å². The molecule has 0 aromatic heterocycles. The Morgan fingerprint density at radius 2 is 1.56 bits per heavy atom. The van der Waals surface area contributed by atoms with E-state index in [4.69, 9.17) is 9.47 Å². The Balaban J connectivity index is 3.02. The van der Waals surface area contributed by atoms with E-state index in [2.05, 4.69) is 0 Å². The van der Waals surface area contributed by atoms with Gasteiger partial charge in [-0.25, -0.2) is 0 Å². The first kappa shape index (κ1) is 12.8. The van der Waals surface area contributed by atoms with Crippen molar-refractivity contribution in [2.75, 3.05) is 14.2 Å². The van der Waals surface area contributed by atoms with Gasteiger partial charge in [-0.2, -0.15) is 0 Å². The Bertz CT molecular complexity index is 316. The first-order chi connectivity index (χ1) is 7.62. The van der Waals surface area contributed by atoms with Crippen molar-refractivity contribution in [1.29, 1.82) is 0 Å². The molecule has 0 aliphatic heterocycles. The summed E-state index contributed by atoms with van der Waals surface area (Å²) in [5.41, 5.74) is 0.588. The van der Waals surface area contributed by atoms with Crippen LogP contribution in [-0.4, -0.2) is 30.5 Å². The highest BCUT2D eigenvalue weighted by atomic mass is 16.5. The number of aliphatic hydroxyl groups excluding tert-OH is 2. The minimum absolute atomic E-state index is 0.487. The lowest BCUT2D eigenvalue weighted by Gasteiger charge is -2.18. The third-order valence-electron chi connectivity index (χ3n) is 2.50. The molecule has 4 heteroatoms. The SMILES string of the molecule is CCC(O)C(O)c1cc(OC)cc(OC)c1. The molecule has 0 radical (unpaired) electrons. The summed E-state index contributed by atoms with van der Waals surface area (Å²) < 4.78 is 10.2. The molecular formula is C12H18O4. The molecular weight excluding hydrogens is 208 g/mol. The molecule has 0 aliphatic rings. The van der Waals surface area contributed by atoms with E-state index in [0.717, 1.165) is 0 Å². The minimum Gasteiger partial charge on any atom is -0.497 e. The summed E-state index contributed by atoms with van der Waals surface area (Å²) >= 11 is 0. The van der Waals surface area contributed by atoms with Crippen LogP contribution in [0.1, 0.15) is 25.0 Å². The number of aliphatic hydroxyl groups is 2. The first-order valence-corrected chi connectivity index (χ1v) is 5.21. The van der Waals surface area contributed by atoms with Crippen LogP contribution in [0.3, 0.4) is 0 Å². The molecule has 0 amide bonds. The van der Waals surface area contributed by atoms with E-state index >= 15 is 0 Å². The van der Waals surface area contributed by atoms with Crippen molar-refractivity contribution >= 4 is 0 Å². The van der Waals surface area contributed by atoms with E-state index in [1.165, 1.54) is 0 Å². The van der Waals surface area contributed by atoms with Gasteiger partial charge in [0.1, 0.15) is 17.6 Å². The van der Waals surface area contributed by atoms with E-state index in [9.17, 15) is 10.2 Å². The van der Waals surface area contributed by atoms with Crippen molar-refractivity contribution in [1.82, 2.24) is 0 Å². The smallest absolute Gasteiger partial charge is 0.122 e. The van der Waals surface area contributed by atoms with Gasteiger partial charge < -0.3 is 19.7 Å². The van der Waals surface area contributed by atoms with Crippen molar-refractivity contribution in [3.8, 4) is 11.5 Å². The van der Waals surface area contributed by atoms with Crippen molar-refractivity contribution in [3.63, 3.8) is 0 Å². The van der Waals surface area contributed by atoms with Crippen LogP contribution in [-0.2, 0) is 0 Å². The third kappa shape index (κ3) is 2.87. The van der Waals surface area contributed by atoms with Gasteiger partial charge in [-0.05, 0) is 24.1 Å². The molecule has 0 saturated heterocycles. The summed E-state index contributed by atoms with van der Waals surface area (Å²) in [5, 5.41) is 19.4. The van der Waals surface area contributed by atoms with Crippen molar-refractivity contribution in [3.05, 3.63) is 23.8 Å². The molecule has 1 rings (SSSR count). The summed E-state index contributed by atoms with van der Waals surface area (Å²) in [7, 11) is 3.09. The van der Waals surface area contributed by atoms with Gasteiger partial charge in [0.25, 0.3) is 0 Å². The average Bonchev–Trinajstić information content (AvgIpc) is 2.35. The van der Waals surface area contributed by atoms with Gasteiger partial charge >= 0.3 is 0 Å². The normalized spacial score (nSPS) is 14.3. The second kappa shape index (κ2) is 5.72. The van der Waals surface area contributed by atoms with Crippen molar-refractivity contribution in [2.45, 2.75) is 25.6 Å². The van der Waals surface area contributed by atoms with E-state index in [0.29, 0.717) is 23.5 Å². The number of methoxy groups -OCH3 is 2. The van der Waals surface area contributed by atoms with Gasteiger partial charge in [-0.3, -0.25) is 0 Å². The fraction of sp³-hybridized carbons (Fsp3) is 0.500. The number of hydrogen-bond acceptors (Lipinski definition) is 4. The van der Waals surface area contributed by atoms with Crippen LogP contribution in [0.5, 0.6) is 11.5 Å². The van der Waals surface area contributed by atoms with Crippen LogP contribution in [0.15, 0.2) is 18.2 Å². The van der Waals surface area contributed by atoms with Crippen LogP contribution < -0.4 is 9.47 Å². The molecule has 0 bridgehead atoms. The molecule has 2 N–H and O–H groups in total. The molecule has 2 unspecified atom stereocenters. The molecule has 0 aliphatic carbocycles. The first-order valence-electron chi connectivity index (χ1n) is 5.21.